The van der Waals surface area contributed by atoms with Crippen LogP contribution in [0.2, 0.25) is 0 Å². The van der Waals surface area contributed by atoms with E-state index in [9.17, 15) is 9.59 Å². The minimum atomic E-state index is -0.276. The molecule has 1 spiro atoms. The molecule has 3 rings (SSSR count). The number of hydrogen-bond acceptors (Lipinski definition) is 5. The molecule has 3 fully saturated rings. The topological polar surface area (TPSA) is 79.5 Å². The van der Waals surface area contributed by atoms with Crippen LogP contribution in [0.1, 0.15) is 26.7 Å². The lowest BCUT2D eigenvalue weighted by Gasteiger charge is -2.36. The van der Waals surface area contributed by atoms with Crippen LogP contribution in [0, 0.1) is 5.92 Å². The average Bonchev–Trinajstić information content (AvgIpc) is 2.95. The van der Waals surface area contributed by atoms with Gasteiger partial charge in [0.1, 0.15) is 0 Å². The maximum absolute atomic E-state index is 11.6. The molecule has 5 atom stereocenters. The summed E-state index contributed by atoms with van der Waals surface area (Å²) >= 11 is 1.85. The molecule has 0 aromatic heterocycles. The Balaban J connectivity index is 1.81. The molecule has 3 aliphatic rings. The van der Waals surface area contributed by atoms with Crippen molar-refractivity contribution in [2.45, 2.75) is 49.2 Å². The van der Waals surface area contributed by atoms with Crippen molar-refractivity contribution in [2.75, 3.05) is 12.9 Å². The van der Waals surface area contributed by atoms with Gasteiger partial charge in [-0.2, -0.15) is 0 Å². The SMILES string of the molecule is COC(=O)CC1(C)CC(C)C2(N1)SCC1NC(=O)NC12. The molecule has 6 nitrogen and oxygen atoms in total. The predicted molar refractivity (Wildman–Crippen MR) is 76.4 cm³/mol. The molecule has 0 aromatic rings. The largest absolute Gasteiger partial charge is 0.469 e. The summed E-state index contributed by atoms with van der Waals surface area (Å²) in [6, 6.07) is 0.160. The Bertz CT molecular complexity index is 460. The van der Waals surface area contributed by atoms with Gasteiger partial charge in [-0.05, 0) is 19.3 Å². The van der Waals surface area contributed by atoms with Crippen LogP contribution in [0.3, 0.4) is 0 Å². The second kappa shape index (κ2) is 4.53. The molecule has 112 valence electrons. The highest BCUT2D eigenvalue weighted by atomic mass is 32.2. The molecule has 0 bridgehead atoms. The molecule has 3 heterocycles. The van der Waals surface area contributed by atoms with Gasteiger partial charge in [0.15, 0.2) is 0 Å². The van der Waals surface area contributed by atoms with E-state index in [2.05, 4.69) is 29.8 Å². The van der Waals surface area contributed by atoms with Gasteiger partial charge in [0.25, 0.3) is 0 Å². The van der Waals surface area contributed by atoms with Crippen LogP contribution >= 0.6 is 11.8 Å². The van der Waals surface area contributed by atoms with Crippen molar-refractivity contribution in [1.29, 1.82) is 0 Å². The van der Waals surface area contributed by atoms with Crippen LogP contribution < -0.4 is 16.0 Å². The van der Waals surface area contributed by atoms with Crippen molar-refractivity contribution in [2.24, 2.45) is 5.92 Å². The molecule has 3 N–H and O–H groups in total. The molecule has 0 aromatic carbocycles. The molecule has 20 heavy (non-hydrogen) atoms. The minimum Gasteiger partial charge on any atom is -0.469 e. The molecule has 0 saturated carbocycles. The third kappa shape index (κ3) is 1.98. The monoisotopic (exact) mass is 299 g/mol. The number of nitrogens with one attached hydrogen (secondary N) is 3. The van der Waals surface area contributed by atoms with Gasteiger partial charge in [0.2, 0.25) is 0 Å². The van der Waals surface area contributed by atoms with E-state index in [1.54, 1.807) is 0 Å². The second-order valence-corrected chi connectivity index (χ2v) is 7.65. The number of urea groups is 1. The maximum atomic E-state index is 11.6. The Kier molecular flexibility index (Phi) is 3.17. The van der Waals surface area contributed by atoms with E-state index in [4.69, 9.17) is 4.74 Å². The fourth-order valence-electron chi connectivity index (χ4n) is 3.94. The lowest BCUT2D eigenvalue weighted by Crippen LogP contribution is -2.59. The van der Waals surface area contributed by atoms with Crippen LogP contribution in [0.5, 0.6) is 0 Å². The molecule has 0 radical (unpaired) electrons. The van der Waals surface area contributed by atoms with E-state index in [0.29, 0.717) is 12.3 Å². The Labute approximate surface area is 122 Å². The van der Waals surface area contributed by atoms with Gasteiger partial charge >= 0.3 is 12.0 Å². The van der Waals surface area contributed by atoms with Gasteiger partial charge in [-0.25, -0.2) is 4.79 Å². The summed E-state index contributed by atoms with van der Waals surface area (Å²) in [5, 5.41) is 9.66. The highest BCUT2D eigenvalue weighted by molar-refractivity contribution is 8.01. The lowest BCUT2D eigenvalue weighted by atomic mass is 9.88. The number of esters is 1. The molecule has 3 saturated heterocycles. The average molecular weight is 299 g/mol. The summed E-state index contributed by atoms with van der Waals surface area (Å²) in [6.07, 6.45) is 1.25. The Hall–Kier alpha value is -0.950. The Morgan fingerprint density at radius 3 is 2.95 bits per heavy atom. The Morgan fingerprint density at radius 1 is 1.50 bits per heavy atom. The zero-order chi connectivity index (χ0) is 14.5. The zero-order valence-electron chi connectivity index (χ0n) is 12.0. The summed E-state index contributed by atoms with van der Waals surface area (Å²) in [4.78, 5) is 23.0. The predicted octanol–water partition coefficient (Wildman–Crippen LogP) is 0.431. The summed E-state index contributed by atoms with van der Waals surface area (Å²) < 4.78 is 4.80. The highest BCUT2D eigenvalue weighted by Crippen LogP contribution is 2.51. The van der Waals surface area contributed by atoms with Crippen molar-refractivity contribution in [3.8, 4) is 0 Å². The van der Waals surface area contributed by atoms with E-state index in [1.165, 1.54) is 7.11 Å². The first kappa shape index (κ1) is 14.0. The van der Waals surface area contributed by atoms with Gasteiger partial charge in [-0.15, -0.1) is 11.8 Å². The third-order valence-corrected chi connectivity index (χ3v) is 6.48. The van der Waals surface area contributed by atoms with Crippen molar-refractivity contribution < 1.29 is 14.3 Å². The van der Waals surface area contributed by atoms with Crippen LogP contribution in [0.4, 0.5) is 4.79 Å². The maximum Gasteiger partial charge on any atom is 0.315 e. The first-order chi connectivity index (χ1) is 9.38. The first-order valence-corrected chi connectivity index (χ1v) is 7.94. The van der Waals surface area contributed by atoms with Gasteiger partial charge in [0.05, 0.1) is 30.5 Å². The number of rotatable bonds is 2. The number of fused-ring (bicyclic) bond motifs is 2. The molecule has 7 heteroatoms. The van der Waals surface area contributed by atoms with Crippen molar-refractivity contribution >= 4 is 23.8 Å². The van der Waals surface area contributed by atoms with Gasteiger partial charge in [-0.1, -0.05) is 6.92 Å². The smallest absolute Gasteiger partial charge is 0.315 e. The second-order valence-electron chi connectivity index (χ2n) is 6.35. The van der Waals surface area contributed by atoms with Crippen LogP contribution in [0.25, 0.3) is 0 Å². The number of carbonyl (C=O) groups excluding carboxylic acids is 2. The standard InChI is InChI=1S/C13H21N3O3S/c1-7-4-12(2,5-9(17)19-3)16-13(7)10-8(6-20-13)14-11(18)15-10/h7-8,10,16H,4-6H2,1-3H3,(H2,14,15,18). The van der Waals surface area contributed by atoms with Crippen LogP contribution in [0.15, 0.2) is 0 Å². The summed E-state index contributed by atoms with van der Waals surface area (Å²) in [6.45, 7) is 4.25. The van der Waals surface area contributed by atoms with Gasteiger partial charge in [-0.3, -0.25) is 10.1 Å². The molecule has 2 amide bonds. The summed E-state index contributed by atoms with van der Waals surface area (Å²) in [5.74, 6) is 1.07. The molecule has 5 unspecified atom stereocenters. The Morgan fingerprint density at radius 2 is 2.25 bits per heavy atom. The third-order valence-electron chi connectivity index (χ3n) is 4.72. The number of methoxy groups -OCH3 is 1. The van der Waals surface area contributed by atoms with Crippen molar-refractivity contribution in [1.82, 2.24) is 16.0 Å². The van der Waals surface area contributed by atoms with Gasteiger partial charge in [0, 0.05) is 11.3 Å². The first-order valence-electron chi connectivity index (χ1n) is 6.96. The van der Waals surface area contributed by atoms with Gasteiger partial charge < -0.3 is 15.4 Å². The van der Waals surface area contributed by atoms with E-state index >= 15 is 0 Å². The van der Waals surface area contributed by atoms with E-state index < -0.39 is 0 Å². The quantitative estimate of drug-likeness (QED) is 0.509. The molecular formula is C13H21N3O3S. The number of thioether (sulfide) groups is 1. The number of ether oxygens (including phenoxy) is 1. The van der Waals surface area contributed by atoms with Crippen LogP contribution in [-0.2, 0) is 9.53 Å². The fourth-order valence-corrected chi connectivity index (χ4v) is 5.76. The van der Waals surface area contributed by atoms with E-state index in [-0.39, 0.29) is 34.5 Å². The number of carbonyl (C=O) groups is 2. The minimum absolute atomic E-state index is 0.0782. The summed E-state index contributed by atoms with van der Waals surface area (Å²) in [5.41, 5.74) is -0.276. The van der Waals surface area contributed by atoms with Crippen LogP contribution in [-0.4, -0.2) is 47.4 Å². The number of amides is 2. The normalized spacial score (nSPS) is 46.1. The fraction of sp³-hybridized carbons (Fsp3) is 0.846. The van der Waals surface area contributed by atoms with Crippen molar-refractivity contribution in [3.63, 3.8) is 0 Å². The number of hydrogen-bond donors (Lipinski definition) is 3. The van der Waals surface area contributed by atoms with E-state index in [1.807, 2.05) is 11.8 Å². The summed E-state index contributed by atoms with van der Waals surface area (Å²) in [7, 11) is 1.42. The molecule has 0 aliphatic carbocycles. The molecular weight excluding hydrogens is 278 g/mol. The van der Waals surface area contributed by atoms with Crippen molar-refractivity contribution in [3.05, 3.63) is 0 Å². The molecule has 3 aliphatic heterocycles. The highest BCUT2D eigenvalue weighted by Gasteiger charge is 2.62. The lowest BCUT2D eigenvalue weighted by molar-refractivity contribution is -0.142. The zero-order valence-corrected chi connectivity index (χ0v) is 12.8. The van der Waals surface area contributed by atoms with E-state index in [0.717, 1.165) is 12.2 Å².